The predicted octanol–water partition coefficient (Wildman–Crippen LogP) is 1.85. The molecule has 0 aromatic carbocycles. The summed E-state index contributed by atoms with van der Waals surface area (Å²) in [7, 11) is 0. The van der Waals surface area contributed by atoms with E-state index in [0.717, 1.165) is 38.5 Å². The van der Waals surface area contributed by atoms with Crippen LogP contribution in [0, 0.1) is 50.2 Å². The van der Waals surface area contributed by atoms with Crippen LogP contribution in [0.3, 0.4) is 0 Å². The van der Waals surface area contributed by atoms with Gasteiger partial charge in [0.1, 0.15) is 54.2 Å². The summed E-state index contributed by atoms with van der Waals surface area (Å²) < 4.78 is 23.8. The molecule has 4 saturated carbocycles. The lowest BCUT2D eigenvalue weighted by Crippen LogP contribution is -2.68. The van der Waals surface area contributed by atoms with Crippen LogP contribution in [-0.4, -0.2) is 139 Å². The van der Waals surface area contributed by atoms with Crippen LogP contribution in [0.4, 0.5) is 0 Å². The maximum Gasteiger partial charge on any atom is 0.312 e. The first kappa shape index (κ1) is 42.8. The molecular formula is C42H68O14. The van der Waals surface area contributed by atoms with E-state index in [4.69, 9.17) is 18.9 Å². The smallest absolute Gasteiger partial charge is 0.312 e. The summed E-state index contributed by atoms with van der Waals surface area (Å²) >= 11 is 0. The molecule has 2 heterocycles. The van der Waals surface area contributed by atoms with Gasteiger partial charge < -0.3 is 64.9 Å². The highest BCUT2D eigenvalue weighted by atomic mass is 16.7. The first-order valence-corrected chi connectivity index (χ1v) is 20.9. The number of ether oxygens (including phenoxy) is 4. The summed E-state index contributed by atoms with van der Waals surface area (Å²) in [5.74, 6) is -0.629. The average molecular weight is 797 g/mol. The molecule has 14 nitrogen and oxygen atoms in total. The lowest BCUT2D eigenvalue weighted by molar-refractivity contribution is -0.368. The number of carboxylic acids is 1. The molecule has 3 unspecified atom stereocenters. The molecule has 0 amide bonds. The molecule has 0 spiro atoms. The van der Waals surface area contributed by atoms with E-state index in [2.05, 4.69) is 54.5 Å². The molecule has 5 aliphatic carbocycles. The number of allylic oxidation sites excluding steroid dienone is 2. The molecule has 0 aromatic rings. The van der Waals surface area contributed by atoms with Gasteiger partial charge in [0, 0.05) is 0 Å². The van der Waals surface area contributed by atoms with Crippen molar-refractivity contribution in [3.8, 4) is 0 Å². The van der Waals surface area contributed by atoms with Crippen LogP contribution in [-0.2, 0) is 23.7 Å². The summed E-state index contributed by atoms with van der Waals surface area (Å²) in [5, 5.41) is 96.1. The highest BCUT2D eigenvalue weighted by Crippen LogP contribution is 2.76. The third kappa shape index (κ3) is 6.13. The molecule has 14 heteroatoms. The van der Waals surface area contributed by atoms with Crippen molar-refractivity contribution in [1.29, 1.82) is 0 Å². The van der Waals surface area contributed by atoms with Crippen molar-refractivity contribution in [2.45, 2.75) is 180 Å². The number of aliphatic hydroxyl groups is 8. The second-order valence-corrected chi connectivity index (χ2v) is 20.8. The number of carbonyl (C=O) groups is 1. The van der Waals surface area contributed by atoms with Crippen molar-refractivity contribution >= 4 is 5.97 Å². The fraction of sp³-hybridized carbons (Fsp3) is 0.929. The van der Waals surface area contributed by atoms with E-state index >= 15 is 0 Å². The van der Waals surface area contributed by atoms with E-state index in [9.17, 15) is 50.8 Å². The molecule has 0 radical (unpaired) electrons. The molecule has 19 atom stereocenters. The van der Waals surface area contributed by atoms with Crippen molar-refractivity contribution in [3.05, 3.63) is 11.6 Å². The lowest BCUT2D eigenvalue weighted by atomic mass is 9.33. The number of aliphatic hydroxyl groups excluding tert-OH is 8. The lowest BCUT2D eigenvalue weighted by Gasteiger charge is -2.71. The largest absolute Gasteiger partial charge is 0.481 e. The zero-order valence-corrected chi connectivity index (χ0v) is 34.1. The number of rotatable bonds is 7. The molecule has 6 fully saturated rings. The molecule has 0 bridgehead atoms. The highest BCUT2D eigenvalue weighted by molar-refractivity contribution is 5.77. The minimum Gasteiger partial charge on any atom is -0.481 e. The highest BCUT2D eigenvalue weighted by Gasteiger charge is 2.71. The first-order valence-electron chi connectivity index (χ1n) is 20.9. The second-order valence-electron chi connectivity index (χ2n) is 20.8. The van der Waals surface area contributed by atoms with Gasteiger partial charge in [0.05, 0.1) is 25.4 Å². The van der Waals surface area contributed by atoms with Crippen LogP contribution in [0.2, 0.25) is 0 Å². The van der Waals surface area contributed by atoms with Crippen molar-refractivity contribution in [1.82, 2.24) is 0 Å². The van der Waals surface area contributed by atoms with Crippen molar-refractivity contribution in [2.24, 2.45) is 50.2 Å². The van der Waals surface area contributed by atoms with Gasteiger partial charge in [-0.1, -0.05) is 60.1 Å². The third-order valence-electron chi connectivity index (χ3n) is 17.3. The maximum absolute atomic E-state index is 13.1. The Morgan fingerprint density at radius 1 is 0.732 bits per heavy atom. The van der Waals surface area contributed by atoms with E-state index in [1.165, 1.54) is 5.57 Å². The number of hydrogen-bond acceptors (Lipinski definition) is 13. The van der Waals surface area contributed by atoms with E-state index in [-0.39, 0.29) is 45.5 Å². The Kier molecular flexibility index (Phi) is 11.0. The second kappa shape index (κ2) is 14.4. The number of hydrogen-bond donors (Lipinski definition) is 9. The van der Waals surface area contributed by atoms with Gasteiger partial charge >= 0.3 is 5.97 Å². The molecule has 7 aliphatic rings. The van der Waals surface area contributed by atoms with Gasteiger partial charge in [-0.05, 0) is 103 Å². The zero-order chi connectivity index (χ0) is 41.1. The molecule has 2 saturated heterocycles. The molecule has 0 aromatic heterocycles. The standard InChI is InChI=1S/C42H68O14/c1-37(2)14-15-42(36(51)52)21(16-37)20-8-9-25-39(5)12-11-27(38(3,4)24(39)10-13-40(25,6)41(20,7)17-26(42)45)55-34-32(50)30(48)33(23(19-44)54-34)56-35-31(49)29(47)28(46)22(18-43)53-35/h8,21-35,43-50H,9-19H2,1-7H3,(H,51,52)/t21?,22-,23-,24?,25?,26-,27+,28-,29+,30-,31-,32-,33-,34+,35+,39+,40-,41-,42-/m1/s1. The van der Waals surface area contributed by atoms with Gasteiger partial charge in [-0.25, -0.2) is 0 Å². The van der Waals surface area contributed by atoms with Crippen LogP contribution in [0.15, 0.2) is 11.6 Å². The van der Waals surface area contributed by atoms with Gasteiger partial charge in [-0.3, -0.25) is 4.79 Å². The Morgan fingerprint density at radius 2 is 1.36 bits per heavy atom. The van der Waals surface area contributed by atoms with Gasteiger partial charge in [0.25, 0.3) is 0 Å². The van der Waals surface area contributed by atoms with E-state index in [1.54, 1.807) is 0 Å². The number of aliphatic carboxylic acids is 1. The summed E-state index contributed by atoms with van der Waals surface area (Å²) in [4.78, 5) is 13.1. The van der Waals surface area contributed by atoms with Gasteiger partial charge in [0.15, 0.2) is 12.6 Å². The van der Waals surface area contributed by atoms with Gasteiger partial charge in [-0.15, -0.1) is 0 Å². The maximum atomic E-state index is 13.1. The fourth-order valence-electron chi connectivity index (χ4n) is 13.8. The number of fused-ring (bicyclic) bond motifs is 7. The molecule has 2 aliphatic heterocycles. The molecule has 56 heavy (non-hydrogen) atoms. The van der Waals surface area contributed by atoms with E-state index < -0.39 is 97.5 Å². The quantitative estimate of drug-likeness (QED) is 0.132. The Morgan fingerprint density at radius 3 is 2.00 bits per heavy atom. The Balaban J connectivity index is 1.10. The summed E-state index contributed by atoms with van der Waals surface area (Å²) in [5.41, 5.74) is -1.04. The van der Waals surface area contributed by atoms with Crippen molar-refractivity contribution in [3.63, 3.8) is 0 Å². The van der Waals surface area contributed by atoms with E-state index in [0.29, 0.717) is 19.3 Å². The topological polar surface area (TPSA) is 236 Å². The van der Waals surface area contributed by atoms with Crippen LogP contribution in [0.25, 0.3) is 0 Å². The SMILES string of the molecule is CC1(C)CC[C@@]2(C(=O)O)C(C1)C1=CCC3[C@@]4(C)CC[C@H](O[C@@H]5O[C@H](CO)[C@@H](O[C@@H]6O[C@H](CO)[C@@H](O)[C@H](O)[C@H]6O)[C@H](O)[C@H]5O)C(C)(C)C4CC[C@@]3(C)[C@]1(C)C[C@H]2O. The zero-order valence-electron chi connectivity index (χ0n) is 34.1. The average Bonchev–Trinajstić information content (AvgIpc) is 3.12. The van der Waals surface area contributed by atoms with Crippen LogP contribution in [0.5, 0.6) is 0 Å². The molecule has 9 N–H and O–H groups in total. The third-order valence-corrected chi connectivity index (χ3v) is 17.3. The Hall–Kier alpha value is -1.27. The van der Waals surface area contributed by atoms with E-state index in [1.807, 2.05) is 0 Å². The first-order chi connectivity index (χ1) is 26.0. The normalized spacial score (nSPS) is 53.8. The Labute approximate surface area is 330 Å². The summed E-state index contributed by atoms with van der Waals surface area (Å²) in [6.07, 6.45) is -7.64. The molecule has 320 valence electrons. The van der Waals surface area contributed by atoms with Crippen molar-refractivity contribution in [2.75, 3.05) is 13.2 Å². The van der Waals surface area contributed by atoms with Gasteiger partial charge in [-0.2, -0.15) is 0 Å². The predicted molar refractivity (Wildman–Crippen MR) is 199 cm³/mol. The van der Waals surface area contributed by atoms with Crippen LogP contribution < -0.4 is 0 Å². The van der Waals surface area contributed by atoms with Crippen LogP contribution in [0.1, 0.15) is 106 Å². The number of carboxylic acid groups (broad SMARTS) is 1. The fourth-order valence-corrected chi connectivity index (χ4v) is 13.8. The minimum atomic E-state index is -1.75. The monoisotopic (exact) mass is 796 g/mol. The van der Waals surface area contributed by atoms with Crippen LogP contribution >= 0.6 is 0 Å². The van der Waals surface area contributed by atoms with Crippen molar-refractivity contribution < 1.29 is 69.7 Å². The minimum absolute atomic E-state index is 0.0205. The molecule has 7 rings (SSSR count). The molecular weight excluding hydrogens is 728 g/mol. The summed E-state index contributed by atoms with van der Waals surface area (Å²) in [6.45, 7) is 14.6. The summed E-state index contributed by atoms with van der Waals surface area (Å²) in [6, 6.07) is 0. The Bertz CT molecular complexity index is 1520. The van der Waals surface area contributed by atoms with Gasteiger partial charge in [0.2, 0.25) is 0 Å².